The molecule has 0 unspecified atom stereocenters. The van der Waals surface area contributed by atoms with Gasteiger partial charge >= 0.3 is 0 Å². The fourth-order valence-electron chi connectivity index (χ4n) is 2.01. The number of amides is 2. The summed E-state index contributed by atoms with van der Waals surface area (Å²) in [7, 11) is 0. The van der Waals surface area contributed by atoms with E-state index in [-0.39, 0.29) is 5.91 Å². The van der Waals surface area contributed by atoms with Crippen LogP contribution >= 0.6 is 0 Å². The predicted molar refractivity (Wildman–Crippen MR) is 82.5 cm³/mol. The summed E-state index contributed by atoms with van der Waals surface area (Å²) in [6, 6.07) is 13.2. The van der Waals surface area contributed by atoms with E-state index in [1.165, 1.54) is 6.07 Å². The molecular weight excluding hydrogens is 296 g/mol. The van der Waals surface area contributed by atoms with Crippen molar-refractivity contribution in [2.75, 3.05) is 5.32 Å². The van der Waals surface area contributed by atoms with Crippen LogP contribution in [-0.4, -0.2) is 32.4 Å². The van der Waals surface area contributed by atoms with Crippen molar-refractivity contribution in [3.05, 3.63) is 59.7 Å². The molecule has 4 N–H and O–H groups in total. The second-order valence-corrected chi connectivity index (χ2v) is 4.71. The number of carbonyl (C=O) groups excluding carboxylic acids is 2. The molecule has 0 spiro atoms. The highest BCUT2D eigenvalue weighted by Gasteiger charge is 2.09. The molecule has 1 aromatic heterocycles. The third-order valence-electron chi connectivity index (χ3n) is 3.16. The molecule has 23 heavy (non-hydrogen) atoms. The zero-order chi connectivity index (χ0) is 16.2. The van der Waals surface area contributed by atoms with Gasteiger partial charge in [-0.1, -0.05) is 18.2 Å². The molecule has 0 aliphatic heterocycles. The molecule has 3 aromatic rings. The van der Waals surface area contributed by atoms with Crippen LogP contribution in [0.1, 0.15) is 20.7 Å². The Balaban J connectivity index is 1.76. The lowest BCUT2D eigenvalue weighted by Gasteiger charge is -2.06. The van der Waals surface area contributed by atoms with Gasteiger partial charge in [0.2, 0.25) is 11.7 Å². The summed E-state index contributed by atoms with van der Waals surface area (Å²) in [5.74, 6) is -0.400. The second kappa shape index (κ2) is 6.06. The summed E-state index contributed by atoms with van der Waals surface area (Å²) in [6.07, 6.45) is 0. The Bertz CT molecular complexity index is 843. The van der Waals surface area contributed by atoms with Crippen LogP contribution in [0.3, 0.4) is 0 Å². The molecule has 2 amide bonds. The molecule has 8 heteroatoms. The molecule has 0 aliphatic rings. The molecular formula is C15H12N6O2. The van der Waals surface area contributed by atoms with Gasteiger partial charge in [0, 0.05) is 22.4 Å². The molecule has 0 radical (unpaired) electrons. The molecule has 114 valence electrons. The first-order chi connectivity index (χ1) is 11.1. The van der Waals surface area contributed by atoms with Crippen molar-refractivity contribution in [1.29, 1.82) is 0 Å². The van der Waals surface area contributed by atoms with Crippen molar-refractivity contribution in [2.24, 2.45) is 5.73 Å². The highest BCUT2D eigenvalue weighted by atomic mass is 16.2. The van der Waals surface area contributed by atoms with Gasteiger partial charge in [-0.05, 0) is 35.5 Å². The summed E-state index contributed by atoms with van der Waals surface area (Å²) in [6.45, 7) is 0. The summed E-state index contributed by atoms with van der Waals surface area (Å²) in [5.41, 5.74) is 7.24. The van der Waals surface area contributed by atoms with Crippen LogP contribution in [0.5, 0.6) is 0 Å². The molecule has 1 heterocycles. The predicted octanol–water partition coefficient (Wildman–Crippen LogP) is 1.22. The van der Waals surface area contributed by atoms with Gasteiger partial charge in [0.15, 0.2) is 0 Å². The minimum Gasteiger partial charge on any atom is -0.366 e. The summed E-state index contributed by atoms with van der Waals surface area (Å²) >= 11 is 0. The van der Waals surface area contributed by atoms with Gasteiger partial charge < -0.3 is 11.1 Å². The second-order valence-electron chi connectivity index (χ2n) is 4.71. The summed E-state index contributed by atoms with van der Waals surface area (Å²) in [4.78, 5) is 23.4. The van der Waals surface area contributed by atoms with E-state index in [0.29, 0.717) is 22.6 Å². The molecule has 0 fully saturated rings. The van der Waals surface area contributed by atoms with Crippen molar-refractivity contribution in [3.63, 3.8) is 0 Å². The van der Waals surface area contributed by atoms with Crippen molar-refractivity contribution in [3.8, 4) is 11.4 Å². The minimum absolute atomic E-state index is 0.300. The number of nitrogens with one attached hydrogen (secondary N) is 2. The van der Waals surface area contributed by atoms with Crippen molar-refractivity contribution >= 4 is 17.5 Å². The Morgan fingerprint density at radius 1 is 1.04 bits per heavy atom. The molecule has 0 atom stereocenters. The number of H-pyrrole nitrogens is 1. The van der Waals surface area contributed by atoms with Gasteiger partial charge in [0.25, 0.3) is 5.91 Å². The first-order valence-electron chi connectivity index (χ1n) is 6.68. The molecule has 0 aliphatic carbocycles. The maximum atomic E-state index is 12.2. The standard InChI is InChI=1S/C15H12N6O2/c16-13(22)11-2-1-3-12(8-11)17-15(23)10-6-4-9(5-7-10)14-18-20-21-19-14/h1-8H,(H2,16,22)(H,17,23)(H,18,19,20,21). The van der Waals surface area contributed by atoms with Gasteiger partial charge in [0.1, 0.15) is 0 Å². The first kappa shape index (κ1) is 14.4. The normalized spacial score (nSPS) is 10.3. The third kappa shape index (κ3) is 3.21. The smallest absolute Gasteiger partial charge is 0.255 e. The van der Waals surface area contributed by atoms with Crippen LogP contribution in [0, 0.1) is 0 Å². The lowest BCUT2D eigenvalue weighted by atomic mass is 10.1. The Morgan fingerprint density at radius 2 is 1.83 bits per heavy atom. The zero-order valence-electron chi connectivity index (χ0n) is 11.9. The molecule has 0 saturated heterocycles. The number of aromatic amines is 1. The van der Waals surface area contributed by atoms with Gasteiger partial charge in [0.05, 0.1) is 0 Å². The van der Waals surface area contributed by atoms with Crippen LogP contribution in [0.25, 0.3) is 11.4 Å². The number of hydrogen-bond acceptors (Lipinski definition) is 5. The topological polar surface area (TPSA) is 127 Å². The average molecular weight is 308 g/mol. The molecule has 3 rings (SSSR count). The van der Waals surface area contributed by atoms with E-state index in [1.807, 2.05) is 0 Å². The number of tetrazole rings is 1. The van der Waals surface area contributed by atoms with E-state index < -0.39 is 5.91 Å². The highest BCUT2D eigenvalue weighted by molar-refractivity contribution is 6.05. The largest absolute Gasteiger partial charge is 0.366 e. The van der Waals surface area contributed by atoms with Gasteiger partial charge in [-0.15, -0.1) is 10.2 Å². The number of nitrogens with zero attached hydrogens (tertiary/aromatic N) is 3. The van der Waals surface area contributed by atoms with Gasteiger partial charge in [-0.25, -0.2) is 0 Å². The Labute approximate surface area is 130 Å². The number of primary amides is 1. The SMILES string of the molecule is NC(=O)c1cccc(NC(=O)c2ccc(-c3nn[nH]n3)cc2)c1. The van der Waals surface area contributed by atoms with Gasteiger partial charge in [-0.3, -0.25) is 9.59 Å². The van der Waals surface area contributed by atoms with E-state index in [0.717, 1.165) is 5.56 Å². The monoisotopic (exact) mass is 308 g/mol. The van der Waals surface area contributed by atoms with Crippen LogP contribution in [0.15, 0.2) is 48.5 Å². The van der Waals surface area contributed by atoms with Gasteiger partial charge in [-0.2, -0.15) is 5.21 Å². The molecule has 0 saturated carbocycles. The van der Waals surface area contributed by atoms with Crippen LogP contribution in [-0.2, 0) is 0 Å². The minimum atomic E-state index is -0.550. The van der Waals surface area contributed by atoms with E-state index in [9.17, 15) is 9.59 Å². The van der Waals surface area contributed by atoms with Crippen molar-refractivity contribution < 1.29 is 9.59 Å². The quantitative estimate of drug-likeness (QED) is 0.668. The maximum Gasteiger partial charge on any atom is 0.255 e. The molecule has 8 nitrogen and oxygen atoms in total. The Morgan fingerprint density at radius 3 is 2.48 bits per heavy atom. The number of hydrogen-bond donors (Lipinski definition) is 3. The lowest BCUT2D eigenvalue weighted by molar-refractivity contribution is 0.0996. The van der Waals surface area contributed by atoms with E-state index >= 15 is 0 Å². The number of nitrogens with two attached hydrogens (primary N) is 1. The van der Waals surface area contributed by atoms with E-state index in [2.05, 4.69) is 25.9 Å². The highest BCUT2D eigenvalue weighted by Crippen LogP contribution is 2.16. The van der Waals surface area contributed by atoms with E-state index in [1.54, 1.807) is 42.5 Å². The van der Waals surface area contributed by atoms with Crippen LogP contribution in [0.2, 0.25) is 0 Å². The van der Waals surface area contributed by atoms with Crippen molar-refractivity contribution in [1.82, 2.24) is 20.6 Å². The zero-order valence-corrected chi connectivity index (χ0v) is 11.9. The Kier molecular flexibility index (Phi) is 3.79. The number of rotatable bonds is 4. The van der Waals surface area contributed by atoms with Crippen LogP contribution < -0.4 is 11.1 Å². The lowest BCUT2D eigenvalue weighted by Crippen LogP contribution is -2.14. The molecule has 0 bridgehead atoms. The maximum absolute atomic E-state index is 12.2. The number of aromatic nitrogens is 4. The fourth-order valence-corrected chi connectivity index (χ4v) is 2.01. The number of carbonyl (C=O) groups is 2. The molecule has 2 aromatic carbocycles. The Hall–Kier alpha value is -3.55. The fraction of sp³-hybridized carbons (Fsp3) is 0. The number of benzene rings is 2. The first-order valence-corrected chi connectivity index (χ1v) is 6.68. The van der Waals surface area contributed by atoms with Crippen molar-refractivity contribution in [2.45, 2.75) is 0 Å². The third-order valence-corrected chi connectivity index (χ3v) is 3.16. The summed E-state index contributed by atoms with van der Waals surface area (Å²) < 4.78 is 0. The van der Waals surface area contributed by atoms with E-state index in [4.69, 9.17) is 5.73 Å². The average Bonchev–Trinajstić information content (AvgIpc) is 3.09. The number of anilines is 1. The summed E-state index contributed by atoms with van der Waals surface area (Å²) in [5, 5.41) is 16.3. The van der Waals surface area contributed by atoms with Crippen LogP contribution in [0.4, 0.5) is 5.69 Å².